The van der Waals surface area contributed by atoms with Crippen LogP contribution in [-0.4, -0.2) is 30.3 Å². The molecule has 1 aliphatic heterocycles. The van der Waals surface area contributed by atoms with Gasteiger partial charge in [-0.05, 0) is 60.7 Å². The average Bonchev–Trinajstić information content (AvgIpc) is 3.53. The van der Waals surface area contributed by atoms with Crippen molar-refractivity contribution in [3.8, 4) is 17.1 Å². The molecule has 8 heteroatoms. The Morgan fingerprint density at radius 1 is 1.00 bits per heavy atom. The van der Waals surface area contributed by atoms with Crippen LogP contribution in [0, 0.1) is 0 Å². The van der Waals surface area contributed by atoms with Gasteiger partial charge in [0.15, 0.2) is 5.11 Å². The fourth-order valence-corrected chi connectivity index (χ4v) is 4.63. The first kappa shape index (κ1) is 22.6. The number of para-hydroxylation sites is 2. The molecule has 0 unspecified atom stereocenters. The Morgan fingerprint density at radius 3 is 2.49 bits per heavy atom. The van der Waals surface area contributed by atoms with E-state index in [9.17, 15) is 4.79 Å². The highest BCUT2D eigenvalue weighted by molar-refractivity contribution is 7.80. The minimum atomic E-state index is -0.382. The van der Waals surface area contributed by atoms with Crippen LogP contribution in [0.4, 0.5) is 5.69 Å². The standard InChI is InChI=1S/C27H23N3O4S/c1-32-22-9-4-3-8-20(22)30-25(24(29-27(30)35)19-7-5-6-16-28-19)23-15-14-21(34-23)17-10-12-18(13-11-17)26(31)33-2/h3-16,24-25H,1-2H3,(H,29,35)/t24-,25-/m0/s1. The number of ether oxygens (including phenoxy) is 2. The molecule has 0 radical (unpaired) electrons. The molecule has 0 aliphatic carbocycles. The fourth-order valence-electron chi connectivity index (χ4n) is 4.29. The lowest BCUT2D eigenvalue weighted by molar-refractivity contribution is 0.0600. The molecule has 2 aromatic carbocycles. The molecule has 2 atom stereocenters. The number of hydrogen-bond donors (Lipinski definition) is 1. The molecule has 4 aromatic rings. The van der Waals surface area contributed by atoms with Crippen molar-refractivity contribution in [2.45, 2.75) is 12.1 Å². The van der Waals surface area contributed by atoms with Gasteiger partial charge in [0.05, 0.1) is 37.2 Å². The third-order valence-corrected chi connectivity index (χ3v) is 6.27. The maximum Gasteiger partial charge on any atom is 0.337 e. The van der Waals surface area contributed by atoms with Gasteiger partial charge in [0.25, 0.3) is 0 Å². The van der Waals surface area contributed by atoms with E-state index in [0.717, 1.165) is 16.9 Å². The van der Waals surface area contributed by atoms with E-state index in [0.29, 0.717) is 27.9 Å². The van der Waals surface area contributed by atoms with E-state index >= 15 is 0 Å². The zero-order chi connectivity index (χ0) is 24.4. The van der Waals surface area contributed by atoms with Crippen molar-refractivity contribution in [1.29, 1.82) is 0 Å². The molecular weight excluding hydrogens is 462 g/mol. The Morgan fingerprint density at radius 2 is 1.77 bits per heavy atom. The van der Waals surface area contributed by atoms with Crippen LogP contribution in [0.15, 0.2) is 89.5 Å². The summed E-state index contributed by atoms with van der Waals surface area (Å²) in [7, 11) is 3.00. The summed E-state index contributed by atoms with van der Waals surface area (Å²) in [4.78, 5) is 18.4. The van der Waals surface area contributed by atoms with Gasteiger partial charge in [-0.2, -0.15) is 0 Å². The van der Waals surface area contributed by atoms with Crippen molar-refractivity contribution in [2.24, 2.45) is 0 Å². The Bertz CT molecular complexity index is 1350. The predicted molar refractivity (Wildman–Crippen MR) is 136 cm³/mol. The summed E-state index contributed by atoms with van der Waals surface area (Å²) >= 11 is 5.78. The number of benzene rings is 2. The second-order valence-electron chi connectivity index (χ2n) is 7.94. The van der Waals surface area contributed by atoms with Crippen LogP contribution in [0.2, 0.25) is 0 Å². The maximum absolute atomic E-state index is 11.8. The van der Waals surface area contributed by atoms with Crippen molar-refractivity contribution in [2.75, 3.05) is 19.1 Å². The SMILES string of the molecule is COC(=O)c1ccc(-c2ccc([C@H]3[C@H](c4ccccn4)NC(=S)N3c3ccccc3OC)o2)cc1. The van der Waals surface area contributed by atoms with E-state index < -0.39 is 0 Å². The van der Waals surface area contributed by atoms with Gasteiger partial charge in [-0.1, -0.05) is 30.3 Å². The van der Waals surface area contributed by atoms with Crippen molar-refractivity contribution < 1.29 is 18.7 Å². The lowest BCUT2D eigenvalue weighted by Crippen LogP contribution is -2.29. The first-order valence-corrected chi connectivity index (χ1v) is 11.4. The lowest BCUT2D eigenvalue weighted by atomic mass is 10.0. The molecule has 7 nitrogen and oxygen atoms in total. The molecule has 35 heavy (non-hydrogen) atoms. The maximum atomic E-state index is 11.8. The number of esters is 1. The third kappa shape index (κ3) is 4.24. The van der Waals surface area contributed by atoms with Gasteiger partial charge >= 0.3 is 5.97 Å². The molecule has 5 rings (SSSR count). The number of rotatable bonds is 6. The Hall–Kier alpha value is -4.17. The predicted octanol–water partition coefficient (Wildman–Crippen LogP) is 5.31. The van der Waals surface area contributed by atoms with Crippen molar-refractivity contribution in [1.82, 2.24) is 10.3 Å². The molecule has 1 saturated heterocycles. The molecule has 0 bridgehead atoms. The summed E-state index contributed by atoms with van der Waals surface area (Å²) in [6.45, 7) is 0. The Balaban J connectivity index is 1.56. The average molecular weight is 486 g/mol. The number of carbonyl (C=O) groups excluding carboxylic acids is 1. The van der Waals surface area contributed by atoms with E-state index in [1.807, 2.05) is 71.6 Å². The van der Waals surface area contributed by atoms with E-state index in [2.05, 4.69) is 10.3 Å². The Kier molecular flexibility index (Phi) is 6.20. The van der Waals surface area contributed by atoms with Gasteiger partial charge < -0.3 is 24.1 Å². The lowest BCUT2D eigenvalue weighted by Gasteiger charge is -2.27. The summed E-state index contributed by atoms with van der Waals surface area (Å²) in [5, 5.41) is 3.97. The summed E-state index contributed by atoms with van der Waals surface area (Å²) in [5.41, 5.74) is 3.00. The molecule has 3 heterocycles. The second kappa shape index (κ2) is 9.60. The van der Waals surface area contributed by atoms with Gasteiger partial charge in [-0.3, -0.25) is 4.98 Å². The Labute approximate surface area is 208 Å². The van der Waals surface area contributed by atoms with Crippen LogP contribution in [0.1, 0.15) is 33.9 Å². The van der Waals surface area contributed by atoms with Crippen molar-refractivity contribution >= 4 is 29.0 Å². The molecule has 1 N–H and O–H groups in total. The minimum absolute atomic E-state index is 0.241. The molecule has 2 aromatic heterocycles. The summed E-state index contributed by atoms with van der Waals surface area (Å²) in [6.07, 6.45) is 1.76. The van der Waals surface area contributed by atoms with Crippen molar-refractivity contribution in [3.05, 3.63) is 102 Å². The largest absolute Gasteiger partial charge is 0.495 e. The van der Waals surface area contributed by atoms with Crippen LogP contribution in [0.3, 0.4) is 0 Å². The summed E-state index contributed by atoms with van der Waals surface area (Å²) in [6, 6.07) is 23.9. The van der Waals surface area contributed by atoms with Gasteiger partial charge in [0.2, 0.25) is 0 Å². The molecule has 0 amide bonds. The fraction of sp³-hybridized carbons (Fsp3) is 0.148. The van der Waals surface area contributed by atoms with Gasteiger partial charge in [-0.15, -0.1) is 0 Å². The third-order valence-electron chi connectivity index (χ3n) is 5.95. The van der Waals surface area contributed by atoms with Crippen LogP contribution in [0.5, 0.6) is 5.75 Å². The van der Waals surface area contributed by atoms with E-state index in [-0.39, 0.29) is 18.1 Å². The van der Waals surface area contributed by atoms with Crippen LogP contribution < -0.4 is 15.0 Å². The minimum Gasteiger partial charge on any atom is -0.495 e. The first-order valence-electron chi connectivity index (χ1n) is 11.0. The van der Waals surface area contributed by atoms with E-state index in [1.165, 1.54) is 7.11 Å². The highest BCUT2D eigenvalue weighted by Crippen LogP contribution is 2.45. The number of thiocarbonyl (C=S) groups is 1. The number of hydrogen-bond acceptors (Lipinski definition) is 6. The zero-order valence-corrected chi connectivity index (χ0v) is 20.0. The number of pyridine rings is 1. The molecule has 1 aliphatic rings. The molecule has 1 fully saturated rings. The quantitative estimate of drug-likeness (QED) is 0.291. The number of nitrogens with one attached hydrogen (secondary N) is 1. The van der Waals surface area contributed by atoms with Crippen molar-refractivity contribution in [3.63, 3.8) is 0 Å². The number of methoxy groups -OCH3 is 2. The first-order chi connectivity index (χ1) is 17.1. The molecule has 0 spiro atoms. The highest BCUT2D eigenvalue weighted by atomic mass is 32.1. The number of carbonyl (C=O) groups is 1. The van der Waals surface area contributed by atoms with Crippen LogP contribution in [-0.2, 0) is 4.74 Å². The van der Waals surface area contributed by atoms with Gasteiger partial charge in [0, 0.05) is 11.8 Å². The zero-order valence-electron chi connectivity index (χ0n) is 19.2. The van der Waals surface area contributed by atoms with E-state index in [1.54, 1.807) is 25.4 Å². The highest BCUT2D eigenvalue weighted by Gasteiger charge is 2.43. The summed E-state index contributed by atoms with van der Waals surface area (Å²) < 4.78 is 16.8. The van der Waals surface area contributed by atoms with Gasteiger partial charge in [0.1, 0.15) is 23.3 Å². The van der Waals surface area contributed by atoms with Gasteiger partial charge in [-0.25, -0.2) is 4.79 Å². The summed E-state index contributed by atoms with van der Waals surface area (Å²) in [5.74, 6) is 1.71. The number of aromatic nitrogens is 1. The number of furan rings is 1. The number of anilines is 1. The smallest absolute Gasteiger partial charge is 0.337 e. The molecule has 0 saturated carbocycles. The van der Waals surface area contributed by atoms with E-state index in [4.69, 9.17) is 26.1 Å². The molecule has 176 valence electrons. The molecular formula is C27H23N3O4S. The topological polar surface area (TPSA) is 76.8 Å². The second-order valence-corrected chi connectivity index (χ2v) is 8.33. The normalized spacial score (nSPS) is 17.2. The van der Waals surface area contributed by atoms with Crippen LogP contribution in [0.25, 0.3) is 11.3 Å². The number of nitrogens with zero attached hydrogens (tertiary/aromatic N) is 2. The monoisotopic (exact) mass is 485 g/mol. The van der Waals surface area contributed by atoms with Crippen LogP contribution >= 0.6 is 12.2 Å².